The van der Waals surface area contributed by atoms with Crippen LogP contribution in [-0.4, -0.2) is 175 Å². The van der Waals surface area contributed by atoms with E-state index in [0.29, 0.717) is 0 Å². The molecule has 0 aromatic heterocycles. The highest BCUT2D eigenvalue weighted by Gasteiger charge is 2.54. The van der Waals surface area contributed by atoms with Gasteiger partial charge < -0.3 is 28.4 Å². The van der Waals surface area contributed by atoms with Gasteiger partial charge in [0.25, 0.3) is 0 Å². The minimum Gasteiger partial charge on any atom is -0.461 e. The monoisotopic (exact) mass is 1370 g/mol. The molecule has 445 valence electrons. The first kappa shape index (κ1) is 32.4. The molecule has 0 spiro atoms. The predicted octanol–water partition coefficient (Wildman–Crippen LogP) is 14.8. The lowest BCUT2D eigenvalue weighted by Crippen LogP contribution is -2.38. The Bertz CT molecular complexity index is 3720. The molecule has 3 saturated heterocycles. The number of nitrogens with zero attached hydrogens (tertiary/aromatic N) is 3. The Kier molecular flexibility index (Phi) is 9.47. The minimum atomic E-state index is -3.87. The third-order valence-electron chi connectivity index (χ3n) is 13.5. The SMILES string of the molecule is [2H]C([2H])([2H])C1(C([2H])([2H])[2H])Sc2c(c(C(=O)OCCN3CCOCC3)c3c(c2[C](c2c4c(c(C(=O)OCCN5CCOCC5)c5c2SC(C([2H])([2H])[2H])(C([2H])([2H])[2H])S5)SC(C([2H])([2H])[2H])(C([2H])([2H])[2H])S4)c2c4c(c(C(=O)OCCN5CCOCC5)c5c2SC(C([2H])([2H])[2H])(C([2H])([2H])[2H])S5)SC(C([2H])([2H])[2H])(C([2H])([2H])[2H])S4)SC(C([2H])([2H])[2H])(C([2H])([2H])[2H])S3)S1. The second-order valence-corrected chi connectivity index (χ2v) is 35.5. The number of carbonyl (C=O) groups is 3. The normalized spacial score (nSPS) is 31.9. The molecule has 12 rings (SSSR count). The zero-order valence-corrected chi connectivity index (χ0v) is 52.4. The molecule has 9 aliphatic rings. The average molecular weight is 1380 g/mol. The molecule has 0 atom stereocenters. The molecule has 3 aromatic carbocycles. The maximum Gasteiger partial charge on any atom is 0.340 e. The van der Waals surface area contributed by atoms with Gasteiger partial charge in [-0.05, 0) is 98.9 Å². The maximum atomic E-state index is 16.0. The summed E-state index contributed by atoms with van der Waals surface area (Å²) < 4.78 is 352. The van der Waals surface area contributed by atoms with E-state index in [1.165, 1.54) is 0 Å². The van der Waals surface area contributed by atoms with Crippen LogP contribution >= 0.6 is 141 Å². The van der Waals surface area contributed by atoms with E-state index in [1.54, 1.807) is 14.7 Å². The molecule has 24 heteroatoms. The third-order valence-corrected chi connectivity index (χ3v) is 28.1. The fourth-order valence-electron chi connectivity index (χ4n) is 10.1. The molecule has 3 fully saturated rings. The summed E-state index contributed by atoms with van der Waals surface area (Å²) in [4.78, 5) is 43.0. The Labute approximate surface area is 586 Å². The van der Waals surface area contributed by atoms with E-state index < -0.39 is 242 Å². The van der Waals surface area contributed by atoms with Crippen LogP contribution in [0.5, 0.6) is 0 Å². The molecule has 0 bridgehead atoms. The Hall–Kier alpha value is 0.0300. The summed E-state index contributed by atoms with van der Waals surface area (Å²) in [6, 6.07) is 0. The lowest BCUT2D eigenvalue weighted by atomic mass is 9.83. The molecule has 0 unspecified atom stereocenters. The maximum absolute atomic E-state index is 16.0. The lowest BCUT2D eigenvalue weighted by Gasteiger charge is -2.31. The highest BCUT2D eigenvalue weighted by Crippen LogP contribution is 2.75. The molecule has 1 radical (unpaired) electrons. The van der Waals surface area contributed by atoms with E-state index in [9.17, 15) is 49.3 Å². The van der Waals surface area contributed by atoms with Gasteiger partial charge in [-0.15, -0.1) is 141 Å². The van der Waals surface area contributed by atoms with Gasteiger partial charge in [0.15, 0.2) is 0 Å². The first-order valence-corrected chi connectivity index (χ1v) is 34.9. The van der Waals surface area contributed by atoms with Crippen LogP contribution in [0.2, 0.25) is 0 Å². The van der Waals surface area contributed by atoms with E-state index >= 15 is 14.4 Å². The van der Waals surface area contributed by atoms with Gasteiger partial charge in [-0.3, -0.25) is 14.7 Å². The number of rotatable bonds is 15. The Morgan fingerprint density at radius 1 is 0.341 bits per heavy atom. The number of morpholine rings is 3. The summed E-state index contributed by atoms with van der Waals surface area (Å²) in [6.45, 7) is -45.5. The van der Waals surface area contributed by atoms with Crippen LogP contribution in [0, 0.1) is 5.92 Å². The molecule has 0 amide bonds. The minimum absolute atomic E-state index is 0.0792. The van der Waals surface area contributed by atoms with E-state index in [2.05, 4.69) is 0 Å². The quantitative estimate of drug-likeness (QED) is 0.0815. The second-order valence-electron chi connectivity index (χ2n) is 19.3. The van der Waals surface area contributed by atoms with Crippen LogP contribution in [-0.2, 0) is 28.4 Å². The number of fused-ring (bicyclic) bond motifs is 6. The lowest BCUT2D eigenvalue weighted by molar-refractivity contribution is 0.0187. The van der Waals surface area contributed by atoms with Crippen LogP contribution in [0.3, 0.4) is 0 Å². The van der Waals surface area contributed by atoms with Crippen molar-refractivity contribution in [2.24, 2.45) is 0 Å². The molecule has 0 saturated carbocycles. The summed E-state index contributed by atoms with van der Waals surface area (Å²) in [5.41, 5.74) is -5.80. The summed E-state index contributed by atoms with van der Waals surface area (Å²) in [7, 11) is 0. The zero-order chi connectivity index (χ0) is 87.9. The van der Waals surface area contributed by atoms with E-state index in [0.717, 1.165) is 0 Å². The summed E-state index contributed by atoms with van der Waals surface area (Å²) in [6.07, 6.45) is 0. The van der Waals surface area contributed by atoms with Gasteiger partial charge in [0.05, 0.1) is 86.7 Å². The standard InChI is InChI=1S/C58H72N3O9S12/c1-53(2)71-38-32(39-45(78-54(3,4)72-39)35(44(38)77-53)50(62)68-28-19-59-13-22-65-23-14-59)31(33-40-46(79-55(5,6)73-40)36(47-41(33)74-56(7,8)80-47)51(63)69-29-20-60-15-24-66-25-16-60)34-42-48(81-57(9,10)75-42)37(49-43(34)76-58(11,12)82-49)52(64)70-30-21-61-17-26-67-27-18-61/h13-30H2,1-12H3/i1D3,2D3,3D3,4D3,5D3,6D3,7D3,8D3,9D3,10D3,11D3,12D3. The largest absolute Gasteiger partial charge is 0.461 e. The van der Waals surface area contributed by atoms with Crippen molar-refractivity contribution in [2.45, 2.75) is 165 Å². The van der Waals surface area contributed by atoms with Crippen molar-refractivity contribution < 1.29 is 92.2 Å². The number of esters is 3. The molecule has 9 aliphatic heterocycles. The number of thioether (sulfide) groups is 12. The van der Waals surface area contributed by atoms with Crippen LogP contribution in [0.1, 0.15) is 179 Å². The fourth-order valence-corrected chi connectivity index (χ4v) is 25.3. The Balaban J connectivity index is 1.37. The number of ether oxygens (including phenoxy) is 6. The van der Waals surface area contributed by atoms with E-state index in [1.807, 2.05) is 0 Å². The average Bonchev–Trinajstić information content (AvgIpc) is 1.50. The van der Waals surface area contributed by atoms with Gasteiger partial charge in [0.2, 0.25) is 0 Å². The van der Waals surface area contributed by atoms with Crippen LogP contribution < -0.4 is 0 Å². The van der Waals surface area contributed by atoms with Crippen molar-refractivity contribution in [1.29, 1.82) is 0 Å². The molecule has 82 heavy (non-hydrogen) atoms. The van der Waals surface area contributed by atoms with Gasteiger partial charge in [0.1, 0.15) is 19.8 Å². The number of carbonyl (C=O) groups excluding carboxylic acids is 3. The number of benzene rings is 3. The van der Waals surface area contributed by atoms with Crippen molar-refractivity contribution in [2.75, 3.05) is 118 Å². The van der Waals surface area contributed by atoms with Gasteiger partial charge in [-0.25, -0.2) is 14.4 Å². The number of hydrogen-bond acceptors (Lipinski definition) is 24. The van der Waals surface area contributed by atoms with Gasteiger partial charge >= 0.3 is 17.9 Å². The van der Waals surface area contributed by atoms with Crippen molar-refractivity contribution in [3.05, 3.63) is 39.3 Å². The van der Waals surface area contributed by atoms with Gasteiger partial charge in [0, 0.05) is 167 Å². The molecular formula is C58H72N3O9S12. The Morgan fingerprint density at radius 2 is 0.524 bits per heavy atom. The molecule has 0 aliphatic carbocycles. The summed E-state index contributed by atoms with van der Waals surface area (Å²) in [5.74, 6) is -5.67. The topological polar surface area (TPSA) is 116 Å². The third kappa shape index (κ3) is 12.7. The molecule has 0 N–H and O–H groups in total. The van der Waals surface area contributed by atoms with E-state index in [-0.39, 0.29) is 240 Å². The number of hydrogen-bond donors (Lipinski definition) is 0. The van der Waals surface area contributed by atoms with Crippen molar-refractivity contribution in [3.63, 3.8) is 0 Å². The predicted molar refractivity (Wildman–Crippen MR) is 347 cm³/mol. The molecule has 9 heterocycles. The van der Waals surface area contributed by atoms with E-state index in [4.69, 9.17) is 28.4 Å². The fraction of sp³-hybridized carbons (Fsp3) is 0.621. The summed E-state index contributed by atoms with van der Waals surface area (Å²) in [5, 5.41) is 0. The van der Waals surface area contributed by atoms with Crippen molar-refractivity contribution in [1.82, 2.24) is 14.7 Å². The smallest absolute Gasteiger partial charge is 0.340 e. The highest BCUT2D eigenvalue weighted by atomic mass is 32.2. The van der Waals surface area contributed by atoms with Crippen LogP contribution in [0.25, 0.3) is 0 Å². The van der Waals surface area contributed by atoms with Crippen molar-refractivity contribution >= 4 is 159 Å². The van der Waals surface area contributed by atoms with Gasteiger partial charge in [-0.2, -0.15) is 0 Å². The zero-order valence-electron chi connectivity index (χ0n) is 78.6. The van der Waals surface area contributed by atoms with Crippen LogP contribution in [0.15, 0.2) is 58.7 Å². The molecule has 3 aromatic rings. The van der Waals surface area contributed by atoms with Gasteiger partial charge in [-0.1, -0.05) is 0 Å². The first-order chi connectivity index (χ1) is 53.8. The van der Waals surface area contributed by atoms with Crippen molar-refractivity contribution in [3.8, 4) is 0 Å². The second kappa shape index (κ2) is 24.0. The molecular weight excluding hydrogens is 1270 g/mol. The van der Waals surface area contributed by atoms with Crippen LogP contribution in [0.4, 0.5) is 0 Å². The molecule has 12 nitrogen and oxygen atoms in total. The summed E-state index contributed by atoms with van der Waals surface area (Å²) >= 11 is -1.33. The Morgan fingerprint density at radius 3 is 0.707 bits per heavy atom. The first-order valence-electron chi connectivity index (χ1n) is 43.1. The highest BCUT2D eigenvalue weighted by molar-refractivity contribution is 8.23.